The number of nitrogens with zero attached hydrogens (tertiary/aromatic N) is 7. The van der Waals surface area contributed by atoms with Crippen LogP contribution in [0.15, 0.2) is 67.3 Å². The number of hydrogen-bond acceptors (Lipinski definition) is 9. The molecule has 3 heterocycles. The predicted octanol–water partition coefficient (Wildman–Crippen LogP) is 4.23. The molecule has 0 aliphatic rings. The average molecular weight is 520 g/mol. The molecule has 0 atom stereocenters. The van der Waals surface area contributed by atoms with Crippen LogP contribution < -0.4 is 14.4 Å². The van der Waals surface area contributed by atoms with Gasteiger partial charge in [-0.25, -0.2) is 15.0 Å². The van der Waals surface area contributed by atoms with Crippen molar-refractivity contribution in [3.8, 4) is 34.6 Å². The van der Waals surface area contributed by atoms with Gasteiger partial charge in [0.25, 0.3) is 0 Å². The maximum atomic E-state index is 11.7. The van der Waals surface area contributed by atoms with Crippen LogP contribution in [0.5, 0.6) is 11.5 Å². The van der Waals surface area contributed by atoms with Crippen molar-refractivity contribution < 1.29 is 14.3 Å². The number of methoxy groups -OCH3 is 2. The molecule has 0 saturated carbocycles. The lowest BCUT2D eigenvalue weighted by Gasteiger charge is -2.24. The zero-order valence-corrected chi connectivity index (χ0v) is 21.9. The third kappa shape index (κ3) is 5.67. The Labute approximate surface area is 225 Å². The highest BCUT2D eigenvalue weighted by Gasteiger charge is 2.14. The van der Waals surface area contributed by atoms with Crippen LogP contribution in [0.1, 0.15) is 23.2 Å². The Hall–Kier alpha value is -5.30. The van der Waals surface area contributed by atoms with Gasteiger partial charge >= 0.3 is 0 Å². The van der Waals surface area contributed by atoms with Crippen molar-refractivity contribution in [3.63, 3.8) is 0 Å². The molecule has 0 spiro atoms. The van der Waals surface area contributed by atoms with Crippen LogP contribution in [0, 0.1) is 11.8 Å². The van der Waals surface area contributed by atoms with E-state index in [0.717, 1.165) is 33.7 Å². The first kappa shape index (κ1) is 25.4. The fourth-order valence-corrected chi connectivity index (χ4v) is 3.95. The van der Waals surface area contributed by atoms with E-state index in [1.165, 1.54) is 13.1 Å². The number of ether oxygens (including phenoxy) is 2. The zero-order chi connectivity index (χ0) is 27.4. The van der Waals surface area contributed by atoms with Crippen molar-refractivity contribution in [2.75, 3.05) is 25.7 Å². The van der Waals surface area contributed by atoms with E-state index >= 15 is 0 Å². The van der Waals surface area contributed by atoms with Gasteiger partial charge in [0, 0.05) is 61.5 Å². The lowest BCUT2D eigenvalue weighted by molar-refractivity contribution is 0.101. The van der Waals surface area contributed by atoms with Gasteiger partial charge in [-0.3, -0.25) is 14.5 Å². The fourth-order valence-electron chi connectivity index (χ4n) is 3.95. The number of fused-ring (bicyclic) bond motifs is 1. The number of Topliss-reactive ketones (excluding diaryl/α,β-unsaturated/α-hetero) is 1. The third-order valence-electron chi connectivity index (χ3n) is 5.94. The smallest absolute Gasteiger partial charge is 0.205 e. The molecule has 0 N–H and O–H groups in total. The molecule has 5 aromatic rings. The summed E-state index contributed by atoms with van der Waals surface area (Å²) in [6, 6.07) is 13.0. The molecule has 0 saturated heterocycles. The first-order valence-corrected chi connectivity index (χ1v) is 12.0. The first-order valence-electron chi connectivity index (χ1n) is 12.0. The molecular formula is C29H25N7O3. The van der Waals surface area contributed by atoms with E-state index < -0.39 is 0 Å². The molecule has 0 radical (unpaired) electrons. The lowest BCUT2D eigenvalue weighted by atomic mass is 10.2. The number of anilines is 2. The monoisotopic (exact) mass is 519 g/mol. The Balaban J connectivity index is 1.57. The minimum Gasteiger partial charge on any atom is -0.497 e. The molecule has 0 amide bonds. The number of ketones is 1. The molecule has 5 rings (SSSR count). The number of aryl methyl sites for hydroxylation is 1. The molecule has 0 unspecified atom stereocenters. The van der Waals surface area contributed by atoms with E-state index in [2.05, 4.69) is 31.9 Å². The second-order valence-electron chi connectivity index (χ2n) is 8.61. The van der Waals surface area contributed by atoms with Crippen LogP contribution in [0.25, 0.3) is 22.3 Å². The minimum absolute atomic E-state index is 0.145. The Morgan fingerprint density at radius 3 is 2.44 bits per heavy atom. The number of carbonyl (C=O) groups is 1. The number of rotatable bonds is 7. The Morgan fingerprint density at radius 2 is 1.74 bits per heavy atom. The molecular weight excluding hydrogens is 494 g/mol. The van der Waals surface area contributed by atoms with Crippen LogP contribution >= 0.6 is 0 Å². The Kier molecular flexibility index (Phi) is 7.14. The van der Waals surface area contributed by atoms with Crippen LogP contribution in [-0.2, 0) is 7.05 Å². The second-order valence-corrected chi connectivity index (χ2v) is 8.61. The van der Waals surface area contributed by atoms with Crippen LogP contribution in [0.4, 0.5) is 11.4 Å². The molecule has 0 aliphatic carbocycles. The van der Waals surface area contributed by atoms with Gasteiger partial charge in [-0.2, -0.15) is 5.10 Å². The average Bonchev–Trinajstić information content (AvgIpc) is 3.40. The summed E-state index contributed by atoms with van der Waals surface area (Å²) in [5.41, 5.74) is 5.04. The summed E-state index contributed by atoms with van der Waals surface area (Å²) in [6.07, 6.45) is 6.92. The van der Waals surface area contributed by atoms with Crippen molar-refractivity contribution in [1.82, 2.24) is 29.7 Å². The van der Waals surface area contributed by atoms with Crippen LogP contribution in [0.2, 0.25) is 0 Å². The van der Waals surface area contributed by atoms with Crippen molar-refractivity contribution in [1.29, 1.82) is 0 Å². The Bertz CT molecular complexity index is 1710. The SMILES string of the molecule is COc1cc(OC)cc(N(CC#Cc2nccc(C(C)=O)n2)c2ccc3ncc(-c4cnn(C)c4)nc3c2)c1. The lowest BCUT2D eigenvalue weighted by Crippen LogP contribution is -2.17. The standard InChI is InChI=1S/C29H25N7O3/c1-19(37)25-9-10-30-29(34-25)6-5-11-36(22-12-23(38-3)15-24(13-22)39-4)21-7-8-26-27(14-21)33-28(17-31-26)20-16-32-35(2)18-20/h7-10,12-18H,11H2,1-4H3. The number of benzene rings is 2. The van der Waals surface area contributed by atoms with Gasteiger partial charge in [0.1, 0.15) is 17.2 Å². The minimum atomic E-state index is -0.145. The maximum Gasteiger partial charge on any atom is 0.205 e. The highest BCUT2D eigenvalue weighted by Crippen LogP contribution is 2.34. The van der Waals surface area contributed by atoms with E-state index in [1.807, 2.05) is 48.5 Å². The highest BCUT2D eigenvalue weighted by atomic mass is 16.5. The normalized spacial score (nSPS) is 10.6. The molecule has 3 aromatic heterocycles. The summed E-state index contributed by atoms with van der Waals surface area (Å²) in [5.74, 6) is 7.52. The van der Waals surface area contributed by atoms with E-state index in [9.17, 15) is 4.79 Å². The van der Waals surface area contributed by atoms with Gasteiger partial charge < -0.3 is 14.4 Å². The molecule has 2 aromatic carbocycles. The van der Waals surface area contributed by atoms with Gasteiger partial charge in [-0.1, -0.05) is 5.92 Å². The van der Waals surface area contributed by atoms with Crippen LogP contribution in [-0.4, -0.2) is 56.3 Å². The van der Waals surface area contributed by atoms with Crippen molar-refractivity contribution in [2.45, 2.75) is 6.92 Å². The Morgan fingerprint density at radius 1 is 0.949 bits per heavy atom. The van der Waals surface area contributed by atoms with E-state index in [0.29, 0.717) is 17.2 Å². The third-order valence-corrected chi connectivity index (χ3v) is 5.94. The largest absolute Gasteiger partial charge is 0.497 e. The summed E-state index contributed by atoms with van der Waals surface area (Å²) in [4.78, 5) is 31.6. The highest BCUT2D eigenvalue weighted by molar-refractivity contribution is 5.92. The van der Waals surface area contributed by atoms with Crippen molar-refractivity contribution in [3.05, 3.63) is 78.8 Å². The van der Waals surface area contributed by atoms with Gasteiger partial charge in [-0.05, 0) is 30.2 Å². The van der Waals surface area contributed by atoms with Crippen molar-refractivity contribution >= 4 is 28.2 Å². The summed E-state index contributed by atoms with van der Waals surface area (Å²) in [5, 5.41) is 4.24. The summed E-state index contributed by atoms with van der Waals surface area (Å²) in [6.45, 7) is 1.74. The quantitative estimate of drug-likeness (QED) is 0.231. The molecule has 39 heavy (non-hydrogen) atoms. The summed E-state index contributed by atoms with van der Waals surface area (Å²) in [7, 11) is 5.07. The molecule has 10 nitrogen and oxygen atoms in total. The zero-order valence-electron chi connectivity index (χ0n) is 21.9. The molecule has 0 aliphatic heterocycles. The number of aromatic nitrogens is 6. The van der Waals surface area contributed by atoms with E-state index in [1.54, 1.807) is 43.4 Å². The maximum absolute atomic E-state index is 11.7. The topological polar surface area (TPSA) is 108 Å². The summed E-state index contributed by atoms with van der Waals surface area (Å²) < 4.78 is 12.7. The van der Waals surface area contributed by atoms with Gasteiger partial charge in [-0.15, -0.1) is 0 Å². The predicted molar refractivity (Wildman–Crippen MR) is 147 cm³/mol. The number of carbonyl (C=O) groups excluding carboxylic acids is 1. The number of hydrogen-bond donors (Lipinski definition) is 0. The molecule has 10 heteroatoms. The van der Waals surface area contributed by atoms with E-state index in [4.69, 9.17) is 14.5 Å². The summed E-state index contributed by atoms with van der Waals surface area (Å²) >= 11 is 0. The van der Waals surface area contributed by atoms with Crippen LogP contribution in [0.3, 0.4) is 0 Å². The molecule has 0 bridgehead atoms. The van der Waals surface area contributed by atoms with E-state index in [-0.39, 0.29) is 18.2 Å². The van der Waals surface area contributed by atoms with Crippen molar-refractivity contribution in [2.24, 2.45) is 7.05 Å². The first-order chi connectivity index (χ1) is 18.9. The second kappa shape index (κ2) is 11.0. The molecule has 0 fully saturated rings. The fraction of sp³-hybridized carbons (Fsp3) is 0.172. The molecule has 194 valence electrons. The van der Waals surface area contributed by atoms with Gasteiger partial charge in [0.2, 0.25) is 5.82 Å². The van der Waals surface area contributed by atoms with Gasteiger partial charge in [0.05, 0.1) is 49.9 Å². The van der Waals surface area contributed by atoms with Gasteiger partial charge in [0.15, 0.2) is 5.78 Å².